The van der Waals surface area contributed by atoms with Gasteiger partial charge in [-0.05, 0) is 31.4 Å². The van der Waals surface area contributed by atoms with E-state index < -0.39 is 0 Å². The molecule has 0 N–H and O–H groups in total. The van der Waals surface area contributed by atoms with Gasteiger partial charge in [0.25, 0.3) is 5.91 Å². The van der Waals surface area contributed by atoms with Gasteiger partial charge in [0.05, 0.1) is 0 Å². The number of likely N-dealkylation sites (N-methyl/N-ethyl adjacent to an activating group) is 1. The quantitative estimate of drug-likeness (QED) is 0.776. The van der Waals surface area contributed by atoms with Gasteiger partial charge in [-0.25, -0.2) is 0 Å². The average Bonchev–Trinajstić information content (AvgIpc) is 3.08. The van der Waals surface area contributed by atoms with Crippen LogP contribution in [-0.2, 0) is 26.4 Å². The van der Waals surface area contributed by atoms with E-state index in [1.807, 2.05) is 28.4 Å². The minimum atomic E-state index is 0.129. The highest BCUT2D eigenvalue weighted by Crippen LogP contribution is 2.29. The number of nitrogens with zero attached hydrogens (tertiary/aromatic N) is 4. The van der Waals surface area contributed by atoms with E-state index in [9.17, 15) is 4.79 Å². The van der Waals surface area contributed by atoms with Gasteiger partial charge in [-0.2, -0.15) is 16.9 Å². The minimum absolute atomic E-state index is 0.129. The molecule has 5 nitrogen and oxygen atoms in total. The lowest BCUT2D eigenvalue weighted by Gasteiger charge is -2.34. The van der Waals surface area contributed by atoms with E-state index in [0.29, 0.717) is 11.7 Å². The first-order chi connectivity index (χ1) is 13.7. The molecule has 1 aliphatic carbocycles. The molecule has 0 unspecified atom stereocenters. The van der Waals surface area contributed by atoms with Crippen LogP contribution in [0.25, 0.3) is 0 Å². The maximum atomic E-state index is 13.1. The zero-order valence-corrected chi connectivity index (χ0v) is 17.7. The Labute approximate surface area is 172 Å². The van der Waals surface area contributed by atoms with Crippen molar-refractivity contribution in [1.82, 2.24) is 19.6 Å². The van der Waals surface area contributed by atoms with Crippen LogP contribution in [-0.4, -0.2) is 62.7 Å². The normalized spacial score (nSPS) is 19.7. The van der Waals surface area contributed by atoms with E-state index in [4.69, 9.17) is 0 Å². The van der Waals surface area contributed by atoms with Gasteiger partial charge in [0.2, 0.25) is 0 Å². The molecule has 1 aliphatic heterocycles. The van der Waals surface area contributed by atoms with Crippen LogP contribution in [0.2, 0.25) is 0 Å². The number of carbonyl (C=O) groups is 1. The molecule has 28 heavy (non-hydrogen) atoms. The van der Waals surface area contributed by atoms with Crippen molar-refractivity contribution < 1.29 is 4.79 Å². The summed E-state index contributed by atoms with van der Waals surface area (Å²) < 4.78 is 1.95. The summed E-state index contributed by atoms with van der Waals surface area (Å²) in [4.78, 5) is 17.7. The Morgan fingerprint density at radius 1 is 1.25 bits per heavy atom. The van der Waals surface area contributed by atoms with Gasteiger partial charge in [-0.3, -0.25) is 14.4 Å². The molecule has 2 aliphatic rings. The molecule has 4 rings (SSSR count). The lowest BCUT2D eigenvalue weighted by atomic mass is 9.89. The molecule has 2 aromatic rings. The van der Waals surface area contributed by atoms with E-state index in [2.05, 4.69) is 47.3 Å². The summed E-state index contributed by atoms with van der Waals surface area (Å²) in [5.41, 5.74) is 4.49. The van der Waals surface area contributed by atoms with E-state index >= 15 is 0 Å². The van der Waals surface area contributed by atoms with Crippen LogP contribution in [0.1, 0.15) is 40.7 Å². The Hall–Kier alpha value is -1.79. The predicted octanol–water partition coefficient (Wildman–Crippen LogP) is 2.99. The lowest BCUT2D eigenvalue weighted by Crippen LogP contribution is -2.41. The minimum Gasteiger partial charge on any atom is -0.336 e. The zero-order valence-electron chi connectivity index (χ0n) is 16.9. The summed E-state index contributed by atoms with van der Waals surface area (Å²) in [7, 11) is 1.99. The summed E-state index contributed by atoms with van der Waals surface area (Å²) in [6.07, 6.45) is 3.05. The number of rotatable bonds is 5. The van der Waals surface area contributed by atoms with E-state index in [0.717, 1.165) is 56.9 Å². The predicted molar refractivity (Wildman–Crippen MR) is 115 cm³/mol. The SMILES string of the molecule is CCN(Cc1ccccc1)[C@@H]1CCc2c(c(C(=O)N3CCSCC3)nn2C)C1. The Morgan fingerprint density at radius 3 is 2.71 bits per heavy atom. The second-order valence-corrected chi connectivity index (χ2v) is 8.97. The summed E-state index contributed by atoms with van der Waals surface area (Å²) >= 11 is 1.93. The molecule has 0 saturated carbocycles. The maximum Gasteiger partial charge on any atom is 0.274 e. The molecule has 1 amide bonds. The van der Waals surface area contributed by atoms with Crippen molar-refractivity contribution in [2.75, 3.05) is 31.1 Å². The highest BCUT2D eigenvalue weighted by atomic mass is 32.2. The summed E-state index contributed by atoms with van der Waals surface area (Å²) in [5, 5.41) is 4.67. The second-order valence-electron chi connectivity index (χ2n) is 7.75. The van der Waals surface area contributed by atoms with Gasteiger partial charge < -0.3 is 4.90 Å². The van der Waals surface area contributed by atoms with Crippen LogP contribution in [0.15, 0.2) is 30.3 Å². The monoisotopic (exact) mass is 398 g/mol. The molecule has 150 valence electrons. The molecule has 1 fully saturated rings. The average molecular weight is 399 g/mol. The Kier molecular flexibility index (Phi) is 6.07. The number of thioether (sulfide) groups is 1. The fourth-order valence-corrected chi connectivity index (χ4v) is 5.39. The number of aromatic nitrogens is 2. The van der Waals surface area contributed by atoms with Gasteiger partial charge in [0, 0.05) is 55.5 Å². The third kappa shape index (κ3) is 3.98. The van der Waals surface area contributed by atoms with Crippen molar-refractivity contribution in [3.63, 3.8) is 0 Å². The highest BCUT2D eigenvalue weighted by Gasteiger charge is 2.32. The van der Waals surface area contributed by atoms with Crippen molar-refractivity contribution in [3.8, 4) is 0 Å². The molecule has 2 heterocycles. The first-order valence-corrected chi connectivity index (χ1v) is 11.5. The van der Waals surface area contributed by atoms with E-state index in [1.54, 1.807) is 0 Å². The largest absolute Gasteiger partial charge is 0.336 e. The van der Waals surface area contributed by atoms with Crippen LogP contribution in [0.4, 0.5) is 0 Å². The molecule has 0 spiro atoms. The number of amides is 1. The molecular weight excluding hydrogens is 368 g/mol. The fraction of sp³-hybridized carbons (Fsp3) is 0.545. The van der Waals surface area contributed by atoms with Crippen molar-refractivity contribution in [2.24, 2.45) is 7.05 Å². The third-order valence-corrected chi connectivity index (χ3v) is 7.02. The number of aryl methyl sites for hydroxylation is 1. The van der Waals surface area contributed by atoms with Crippen molar-refractivity contribution >= 4 is 17.7 Å². The number of benzene rings is 1. The van der Waals surface area contributed by atoms with E-state index in [-0.39, 0.29) is 5.91 Å². The first-order valence-electron chi connectivity index (χ1n) is 10.4. The van der Waals surface area contributed by atoms with Crippen molar-refractivity contribution in [1.29, 1.82) is 0 Å². The molecule has 1 saturated heterocycles. The third-order valence-electron chi connectivity index (χ3n) is 6.08. The Morgan fingerprint density at radius 2 is 2.00 bits per heavy atom. The maximum absolute atomic E-state index is 13.1. The zero-order chi connectivity index (χ0) is 19.5. The molecule has 1 aromatic carbocycles. The summed E-state index contributed by atoms with van der Waals surface area (Å²) in [6.45, 7) is 5.89. The standard InChI is InChI=1S/C22H30N4OS/c1-3-25(16-17-7-5-4-6-8-17)18-9-10-20-19(15-18)21(23-24(20)2)22(27)26-11-13-28-14-12-26/h4-8,18H,3,9-16H2,1-2H3/t18-/m1/s1. The molecule has 1 atom stereocenters. The highest BCUT2D eigenvalue weighted by molar-refractivity contribution is 7.99. The van der Waals surface area contributed by atoms with Crippen LogP contribution < -0.4 is 0 Å². The van der Waals surface area contributed by atoms with Crippen molar-refractivity contribution in [2.45, 2.75) is 38.8 Å². The number of hydrogen-bond donors (Lipinski definition) is 0. The fourth-order valence-electron chi connectivity index (χ4n) is 4.49. The van der Waals surface area contributed by atoms with Crippen LogP contribution in [0, 0.1) is 0 Å². The molecular formula is C22H30N4OS. The van der Waals surface area contributed by atoms with Crippen LogP contribution in [0.5, 0.6) is 0 Å². The summed E-state index contributed by atoms with van der Waals surface area (Å²) in [5.74, 6) is 2.19. The van der Waals surface area contributed by atoms with Gasteiger partial charge in [-0.1, -0.05) is 37.3 Å². The molecule has 1 aromatic heterocycles. The lowest BCUT2D eigenvalue weighted by molar-refractivity contribution is 0.0763. The topological polar surface area (TPSA) is 41.4 Å². The van der Waals surface area contributed by atoms with Gasteiger partial charge in [0.15, 0.2) is 5.69 Å². The van der Waals surface area contributed by atoms with Crippen molar-refractivity contribution in [3.05, 3.63) is 52.8 Å². The molecule has 6 heteroatoms. The van der Waals surface area contributed by atoms with Gasteiger partial charge in [0.1, 0.15) is 0 Å². The smallest absolute Gasteiger partial charge is 0.274 e. The second kappa shape index (κ2) is 8.70. The van der Waals surface area contributed by atoms with Gasteiger partial charge >= 0.3 is 0 Å². The van der Waals surface area contributed by atoms with Crippen LogP contribution in [0.3, 0.4) is 0 Å². The summed E-state index contributed by atoms with van der Waals surface area (Å²) in [6, 6.07) is 11.1. The Bertz CT molecular complexity index is 813. The first kappa shape index (κ1) is 19.5. The molecule has 0 bridgehead atoms. The number of hydrogen-bond acceptors (Lipinski definition) is 4. The number of fused-ring (bicyclic) bond motifs is 1. The Balaban J connectivity index is 1.54. The van der Waals surface area contributed by atoms with Crippen LogP contribution >= 0.6 is 11.8 Å². The number of carbonyl (C=O) groups excluding carboxylic acids is 1. The van der Waals surface area contributed by atoms with E-state index in [1.165, 1.54) is 16.8 Å². The van der Waals surface area contributed by atoms with Gasteiger partial charge in [-0.15, -0.1) is 0 Å². The molecule has 0 radical (unpaired) electrons.